The van der Waals surface area contributed by atoms with E-state index in [0.717, 1.165) is 19.5 Å². The summed E-state index contributed by atoms with van der Waals surface area (Å²) in [4.78, 5) is 0. The van der Waals surface area contributed by atoms with Crippen LogP contribution in [0.25, 0.3) is 0 Å². The smallest absolute Gasteiger partial charge is 0.211 e. The number of nitrogens with one attached hydrogen (secondary N) is 2. The molecule has 0 aliphatic heterocycles. The van der Waals surface area contributed by atoms with E-state index in [4.69, 9.17) is 0 Å². The molecule has 2 N–H and O–H groups in total. The van der Waals surface area contributed by atoms with Gasteiger partial charge < -0.3 is 5.32 Å². The lowest BCUT2D eigenvalue weighted by atomic mass is 9.98. The molecule has 1 aromatic carbocycles. The van der Waals surface area contributed by atoms with Gasteiger partial charge in [-0.25, -0.2) is 13.1 Å². The SMILES string of the molecule is CCNCCCS(=O)(=O)NCCC(C)c1ccccc1. The van der Waals surface area contributed by atoms with E-state index in [9.17, 15) is 8.42 Å². The van der Waals surface area contributed by atoms with Crippen LogP contribution >= 0.6 is 0 Å². The molecule has 1 atom stereocenters. The molecule has 1 unspecified atom stereocenters. The molecule has 20 heavy (non-hydrogen) atoms. The predicted molar refractivity (Wildman–Crippen MR) is 84.4 cm³/mol. The van der Waals surface area contributed by atoms with E-state index in [-0.39, 0.29) is 5.75 Å². The van der Waals surface area contributed by atoms with Crippen molar-refractivity contribution in [3.8, 4) is 0 Å². The number of rotatable bonds is 10. The molecule has 0 radical (unpaired) electrons. The minimum absolute atomic E-state index is 0.194. The van der Waals surface area contributed by atoms with Gasteiger partial charge in [0.25, 0.3) is 0 Å². The highest BCUT2D eigenvalue weighted by atomic mass is 32.2. The zero-order chi connectivity index (χ0) is 14.8. The first-order valence-electron chi connectivity index (χ1n) is 7.28. The van der Waals surface area contributed by atoms with Gasteiger partial charge in [-0.05, 0) is 37.4 Å². The third-order valence-electron chi connectivity index (χ3n) is 3.28. The van der Waals surface area contributed by atoms with Crippen molar-refractivity contribution >= 4 is 10.0 Å². The normalized spacial score (nSPS) is 13.3. The summed E-state index contributed by atoms with van der Waals surface area (Å²) in [6, 6.07) is 10.2. The summed E-state index contributed by atoms with van der Waals surface area (Å²) in [6.07, 6.45) is 1.47. The van der Waals surface area contributed by atoms with Gasteiger partial charge in [0.05, 0.1) is 5.75 Å². The predicted octanol–water partition coefficient (Wildman–Crippen LogP) is 2.10. The Bertz CT molecular complexity index is 460. The lowest BCUT2D eigenvalue weighted by Gasteiger charge is -2.12. The molecule has 0 amide bonds. The molecule has 4 nitrogen and oxygen atoms in total. The summed E-state index contributed by atoms with van der Waals surface area (Å²) in [5.74, 6) is 0.556. The van der Waals surface area contributed by atoms with Gasteiger partial charge in [-0.2, -0.15) is 0 Å². The van der Waals surface area contributed by atoms with Crippen LogP contribution in [0.3, 0.4) is 0 Å². The van der Waals surface area contributed by atoms with Crippen LogP contribution in [0.2, 0.25) is 0 Å². The Labute approximate surface area is 123 Å². The van der Waals surface area contributed by atoms with E-state index < -0.39 is 10.0 Å². The molecule has 0 aromatic heterocycles. The van der Waals surface area contributed by atoms with Gasteiger partial charge in [0.2, 0.25) is 10.0 Å². The highest BCUT2D eigenvalue weighted by molar-refractivity contribution is 7.89. The lowest BCUT2D eigenvalue weighted by Crippen LogP contribution is -2.29. The standard InChI is InChI=1S/C15H26N2O2S/c1-3-16-11-7-13-20(18,19)17-12-10-14(2)15-8-5-4-6-9-15/h4-6,8-9,14,16-17H,3,7,10-13H2,1-2H3. The second-order valence-electron chi connectivity index (χ2n) is 5.02. The highest BCUT2D eigenvalue weighted by Gasteiger charge is 2.10. The molecule has 0 heterocycles. The second-order valence-corrected chi connectivity index (χ2v) is 6.95. The van der Waals surface area contributed by atoms with E-state index in [1.54, 1.807) is 0 Å². The number of sulfonamides is 1. The fraction of sp³-hybridized carbons (Fsp3) is 0.600. The van der Waals surface area contributed by atoms with E-state index in [1.165, 1.54) is 5.56 Å². The van der Waals surface area contributed by atoms with Crippen molar-refractivity contribution in [3.63, 3.8) is 0 Å². The van der Waals surface area contributed by atoms with E-state index in [1.807, 2.05) is 25.1 Å². The first-order valence-corrected chi connectivity index (χ1v) is 8.93. The van der Waals surface area contributed by atoms with Crippen LogP contribution in [0, 0.1) is 0 Å². The number of hydrogen-bond donors (Lipinski definition) is 2. The van der Waals surface area contributed by atoms with Gasteiger partial charge in [0.1, 0.15) is 0 Å². The van der Waals surface area contributed by atoms with Crippen LogP contribution in [0.4, 0.5) is 0 Å². The average Bonchev–Trinajstić information content (AvgIpc) is 2.44. The molecule has 1 aromatic rings. The summed E-state index contributed by atoms with van der Waals surface area (Å²) < 4.78 is 26.2. The molecular formula is C15H26N2O2S. The monoisotopic (exact) mass is 298 g/mol. The summed E-state index contributed by atoms with van der Waals surface area (Å²) in [5, 5.41) is 3.12. The van der Waals surface area contributed by atoms with Crippen molar-refractivity contribution in [3.05, 3.63) is 35.9 Å². The number of benzene rings is 1. The Morgan fingerprint density at radius 3 is 2.50 bits per heavy atom. The van der Waals surface area contributed by atoms with Gasteiger partial charge in [-0.15, -0.1) is 0 Å². The first-order chi connectivity index (χ1) is 9.55. The van der Waals surface area contributed by atoms with Crippen molar-refractivity contribution in [1.82, 2.24) is 10.0 Å². The van der Waals surface area contributed by atoms with Gasteiger partial charge >= 0.3 is 0 Å². The van der Waals surface area contributed by atoms with Gasteiger partial charge in [0, 0.05) is 6.54 Å². The van der Waals surface area contributed by atoms with E-state index in [2.05, 4.69) is 29.1 Å². The molecule has 0 bridgehead atoms. The van der Waals surface area contributed by atoms with Crippen molar-refractivity contribution in [2.75, 3.05) is 25.4 Å². The van der Waals surface area contributed by atoms with Crippen LogP contribution < -0.4 is 10.0 Å². The Morgan fingerprint density at radius 1 is 1.15 bits per heavy atom. The maximum atomic E-state index is 11.8. The molecule has 0 saturated carbocycles. The fourth-order valence-electron chi connectivity index (χ4n) is 2.02. The average molecular weight is 298 g/mol. The minimum atomic E-state index is -3.13. The molecule has 114 valence electrons. The highest BCUT2D eigenvalue weighted by Crippen LogP contribution is 2.17. The van der Waals surface area contributed by atoms with Crippen molar-refractivity contribution in [1.29, 1.82) is 0 Å². The van der Waals surface area contributed by atoms with Gasteiger partial charge in [0.15, 0.2) is 0 Å². The Balaban J connectivity index is 2.25. The largest absolute Gasteiger partial charge is 0.317 e. The van der Waals surface area contributed by atoms with Gasteiger partial charge in [-0.1, -0.05) is 44.2 Å². The van der Waals surface area contributed by atoms with Crippen LogP contribution in [0.15, 0.2) is 30.3 Å². The van der Waals surface area contributed by atoms with Crippen LogP contribution in [0.5, 0.6) is 0 Å². The maximum Gasteiger partial charge on any atom is 0.211 e. The lowest BCUT2D eigenvalue weighted by molar-refractivity contribution is 0.567. The topological polar surface area (TPSA) is 58.2 Å². The molecule has 0 fully saturated rings. The summed E-state index contributed by atoms with van der Waals surface area (Å²) in [5.41, 5.74) is 1.25. The second kappa shape index (κ2) is 9.10. The summed E-state index contributed by atoms with van der Waals surface area (Å²) in [6.45, 7) is 6.26. The molecule has 0 spiro atoms. The van der Waals surface area contributed by atoms with Gasteiger partial charge in [-0.3, -0.25) is 0 Å². The third kappa shape index (κ3) is 7.03. The van der Waals surface area contributed by atoms with Crippen LogP contribution in [0.1, 0.15) is 38.2 Å². The van der Waals surface area contributed by atoms with Crippen LogP contribution in [-0.4, -0.2) is 33.8 Å². The fourth-order valence-corrected chi connectivity index (χ4v) is 3.11. The third-order valence-corrected chi connectivity index (χ3v) is 4.75. The zero-order valence-electron chi connectivity index (χ0n) is 12.4. The number of hydrogen-bond acceptors (Lipinski definition) is 3. The zero-order valence-corrected chi connectivity index (χ0v) is 13.2. The van der Waals surface area contributed by atoms with Crippen molar-refractivity contribution in [2.45, 2.75) is 32.6 Å². The van der Waals surface area contributed by atoms with Crippen molar-refractivity contribution in [2.24, 2.45) is 0 Å². The Hall–Kier alpha value is -0.910. The summed E-state index contributed by atoms with van der Waals surface area (Å²) >= 11 is 0. The Kier molecular flexibility index (Phi) is 7.80. The van der Waals surface area contributed by atoms with E-state index >= 15 is 0 Å². The molecule has 1 rings (SSSR count). The van der Waals surface area contributed by atoms with E-state index in [0.29, 0.717) is 18.9 Å². The molecule has 0 aliphatic carbocycles. The Morgan fingerprint density at radius 2 is 1.85 bits per heavy atom. The van der Waals surface area contributed by atoms with Crippen LogP contribution in [-0.2, 0) is 10.0 Å². The summed E-state index contributed by atoms with van der Waals surface area (Å²) in [7, 11) is -3.13. The molecule has 5 heteroatoms. The quantitative estimate of drug-likeness (QED) is 0.650. The van der Waals surface area contributed by atoms with Crippen molar-refractivity contribution < 1.29 is 8.42 Å². The first kappa shape index (κ1) is 17.1. The molecule has 0 saturated heterocycles. The minimum Gasteiger partial charge on any atom is -0.317 e. The maximum absolute atomic E-state index is 11.8. The molecule has 0 aliphatic rings. The molecular weight excluding hydrogens is 272 g/mol.